The first-order chi connectivity index (χ1) is 10.6. The number of ether oxygens (including phenoxy) is 2. The van der Waals surface area contributed by atoms with Crippen molar-refractivity contribution in [2.75, 3.05) is 7.11 Å². The van der Waals surface area contributed by atoms with Gasteiger partial charge in [0.15, 0.2) is 0 Å². The van der Waals surface area contributed by atoms with Crippen molar-refractivity contribution in [1.29, 1.82) is 0 Å². The molecule has 0 radical (unpaired) electrons. The van der Waals surface area contributed by atoms with E-state index in [1.165, 1.54) is 0 Å². The highest BCUT2D eigenvalue weighted by Crippen LogP contribution is 2.27. The second-order valence-corrected chi connectivity index (χ2v) is 5.67. The SMILES string of the molecule is COc1ccc([C@@H](C)NC(=O)OCc2ccccc2)c(Br)c1. The Hall–Kier alpha value is -2.01. The molecule has 0 aliphatic rings. The molecule has 1 atom stereocenters. The number of amides is 1. The smallest absolute Gasteiger partial charge is 0.407 e. The van der Waals surface area contributed by atoms with Crippen LogP contribution in [0, 0.1) is 0 Å². The zero-order valence-corrected chi connectivity index (χ0v) is 14.1. The van der Waals surface area contributed by atoms with Crippen molar-refractivity contribution in [3.8, 4) is 5.75 Å². The number of methoxy groups -OCH3 is 1. The van der Waals surface area contributed by atoms with Gasteiger partial charge in [-0.15, -0.1) is 0 Å². The summed E-state index contributed by atoms with van der Waals surface area (Å²) in [7, 11) is 1.62. The number of nitrogens with one attached hydrogen (secondary N) is 1. The van der Waals surface area contributed by atoms with E-state index in [9.17, 15) is 4.79 Å². The zero-order chi connectivity index (χ0) is 15.9. The first-order valence-electron chi connectivity index (χ1n) is 6.91. The quantitative estimate of drug-likeness (QED) is 0.853. The van der Waals surface area contributed by atoms with Gasteiger partial charge in [-0.25, -0.2) is 4.79 Å². The third-order valence-corrected chi connectivity index (χ3v) is 3.91. The van der Waals surface area contributed by atoms with Gasteiger partial charge in [-0.1, -0.05) is 52.3 Å². The number of rotatable bonds is 5. The molecule has 22 heavy (non-hydrogen) atoms. The molecule has 0 saturated carbocycles. The van der Waals surface area contributed by atoms with Crippen LogP contribution in [0.2, 0.25) is 0 Å². The number of halogens is 1. The standard InChI is InChI=1S/C17H18BrNO3/c1-12(15-9-8-14(21-2)10-16(15)18)19-17(20)22-11-13-6-4-3-5-7-13/h3-10,12H,11H2,1-2H3,(H,19,20)/t12-/m1/s1. The lowest BCUT2D eigenvalue weighted by Gasteiger charge is -2.16. The maximum atomic E-state index is 11.9. The Bertz CT molecular complexity index is 631. The molecule has 0 spiro atoms. The molecule has 0 fully saturated rings. The molecule has 0 unspecified atom stereocenters. The molecule has 2 rings (SSSR count). The molecular formula is C17H18BrNO3. The van der Waals surface area contributed by atoms with Crippen LogP contribution in [0.15, 0.2) is 53.0 Å². The van der Waals surface area contributed by atoms with Crippen LogP contribution >= 0.6 is 15.9 Å². The predicted molar refractivity (Wildman–Crippen MR) is 88.9 cm³/mol. The molecule has 2 aromatic carbocycles. The normalized spacial score (nSPS) is 11.6. The van der Waals surface area contributed by atoms with Crippen LogP contribution in [0.5, 0.6) is 5.75 Å². The van der Waals surface area contributed by atoms with Crippen LogP contribution in [0.1, 0.15) is 24.1 Å². The third kappa shape index (κ3) is 4.49. The molecule has 0 aliphatic carbocycles. The number of carbonyl (C=O) groups excluding carboxylic acids is 1. The van der Waals surface area contributed by atoms with E-state index < -0.39 is 6.09 Å². The molecule has 2 aromatic rings. The fourth-order valence-electron chi connectivity index (χ4n) is 2.01. The van der Waals surface area contributed by atoms with Crippen LogP contribution in [0.4, 0.5) is 4.79 Å². The van der Waals surface area contributed by atoms with Gasteiger partial charge in [0.2, 0.25) is 0 Å². The summed E-state index contributed by atoms with van der Waals surface area (Å²) in [5.74, 6) is 0.759. The highest BCUT2D eigenvalue weighted by atomic mass is 79.9. The Balaban J connectivity index is 1.91. The summed E-state index contributed by atoms with van der Waals surface area (Å²) in [4.78, 5) is 11.9. The maximum absolute atomic E-state index is 11.9. The summed E-state index contributed by atoms with van der Waals surface area (Å²) in [6.45, 7) is 2.15. The molecule has 5 heteroatoms. The van der Waals surface area contributed by atoms with Crippen molar-refractivity contribution in [2.45, 2.75) is 19.6 Å². The van der Waals surface area contributed by atoms with Gasteiger partial charge in [-0.05, 0) is 30.2 Å². The van der Waals surface area contributed by atoms with Crippen molar-refractivity contribution in [1.82, 2.24) is 5.32 Å². The van der Waals surface area contributed by atoms with Crippen molar-refractivity contribution in [3.63, 3.8) is 0 Å². The van der Waals surface area contributed by atoms with Crippen LogP contribution < -0.4 is 10.1 Å². The van der Waals surface area contributed by atoms with Crippen molar-refractivity contribution < 1.29 is 14.3 Å². The average molecular weight is 364 g/mol. The number of carbonyl (C=O) groups is 1. The van der Waals surface area contributed by atoms with Gasteiger partial charge in [-0.2, -0.15) is 0 Å². The highest BCUT2D eigenvalue weighted by Gasteiger charge is 2.13. The predicted octanol–water partition coefficient (Wildman–Crippen LogP) is 4.45. The van der Waals surface area contributed by atoms with E-state index in [1.807, 2.05) is 55.5 Å². The first-order valence-corrected chi connectivity index (χ1v) is 7.70. The molecule has 0 heterocycles. The van der Waals surface area contributed by atoms with Gasteiger partial charge < -0.3 is 14.8 Å². The van der Waals surface area contributed by atoms with E-state index in [0.717, 1.165) is 21.3 Å². The van der Waals surface area contributed by atoms with Crippen molar-refractivity contribution in [3.05, 3.63) is 64.1 Å². The zero-order valence-electron chi connectivity index (χ0n) is 12.5. The fourth-order valence-corrected chi connectivity index (χ4v) is 2.71. The lowest BCUT2D eigenvalue weighted by molar-refractivity contribution is 0.136. The van der Waals surface area contributed by atoms with Gasteiger partial charge in [0, 0.05) is 4.47 Å². The van der Waals surface area contributed by atoms with Gasteiger partial charge in [0.1, 0.15) is 12.4 Å². The Morgan fingerprint density at radius 2 is 1.95 bits per heavy atom. The minimum atomic E-state index is -0.445. The average Bonchev–Trinajstić information content (AvgIpc) is 2.53. The van der Waals surface area contributed by atoms with Gasteiger partial charge in [0.25, 0.3) is 0 Å². The molecule has 1 amide bonds. The van der Waals surface area contributed by atoms with E-state index in [2.05, 4.69) is 21.2 Å². The van der Waals surface area contributed by atoms with E-state index in [-0.39, 0.29) is 12.6 Å². The largest absolute Gasteiger partial charge is 0.497 e. The van der Waals surface area contributed by atoms with E-state index in [1.54, 1.807) is 7.11 Å². The second kappa shape index (κ2) is 7.84. The minimum absolute atomic E-state index is 0.177. The second-order valence-electron chi connectivity index (χ2n) is 4.82. The summed E-state index contributed by atoms with van der Waals surface area (Å²) in [6.07, 6.45) is -0.445. The van der Waals surface area contributed by atoms with E-state index in [0.29, 0.717) is 0 Å². The van der Waals surface area contributed by atoms with E-state index in [4.69, 9.17) is 9.47 Å². The first kappa shape index (κ1) is 16.4. The molecule has 0 aliphatic heterocycles. The van der Waals surface area contributed by atoms with E-state index >= 15 is 0 Å². The van der Waals surface area contributed by atoms with Crippen LogP contribution in [0.3, 0.4) is 0 Å². The minimum Gasteiger partial charge on any atom is -0.497 e. The summed E-state index contributed by atoms with van der Waals surface area (Å²) < 4.78 is 11.2. The maximum Gasteiger partial charge on any atom is 0.407 e. The molecule has 1 N–H and O–H groups in total. The third-order valence-electron chi connectivity index (χ3n) is 3.22. The summed E-state index contributed by atoms with van der Waals surface area (Å²) in [5, 5.41) is 2.81. The van der Waals surface area contributed by atoms with Gasteiger partial charge in [0.05, 0.1) is 13.2 Å². The Kier molecular flexibility index (Phi) is 5.83. The molecule has 0 bridgehead atoms. The fraction of sp³-hybridized carbons (Fsp3) is 0.235. The lowest BCUT2D eigenvalue weighted by atomic mass is 10.1. The monoisotopic (exact) mass is 363 g/mol. The van der Waals surface area contributed by atoms with Crippen molar-refractivity contribution in [2.24, 2.45) is 0 Å². The Morgan fingerprint density at radius 3 is 2.59 bits per heavy atom. The number of alkyl carbamates (subject to hydrolysis) is 1. The topological polar surface area (TPSA) is 47.6 Å². The molecule has 4 nitrogen and oxygen atoms in total. The summed E-state index contributed by atoms with van der Waals surface area (Å²) >= 11 is 3.48. The Morgan fingerprint density at radius 1 is 1.23 bits per heavy atom. The van der Waals surface area contributed by atoms with Gasteiger partial charge in [-0.3, -0.25) is 0 Å². The number of hydrogen-bond acceptors (Lipinski definition) is 3. The number of hydrogen-bond donors (Lipinski definition) is 1. The van der Waals surface area contributed by atoms with Crippen LogP contribution in [-0.4, -0.2) is 13.2 Å². The summed E-state index contributed by atoms with van der Waals surface area (Å²) in [5.41, 5.74) is 1.91. The molecule has 116 valence electrons. The summed E-state index contributed by atoms with van der Waals surface area (Å²) in [6, 6.07) is 15.0. The molecule has 0 saturated heterocycles. The van der Waals surface area contributed by atoms with Crippen molar-refractivity contribution >= 4 is 22.0 Å². The molecule has 0 aromatic heterocycles. The Labute approximate surface area is 138 Å². The molecular weight excluding hydrogens is 346 g/mol. The van der Waals surface area contributed by atoms with Gasteiger partial charge >= 0.3 is 6.09 Å². The number of benzene rings is 2. The van der Waals surface area contributed by atoms with Crippen LogP contribution in [-0.2, 0) is 11.3 Å². The highest BCUT2D eigenvalue weighted by molar-refractivity contribution is 9.10. The van der Waals surface area contributed by atoms with Crippen LogP contribution in [0.25, 0.3) is 0 Å². The lowest BCUT2D eigenvalue weighted by Crippen LogP contribution is -2.27.